The van der Waals surface area contributed by atoms with E-state index in [1.165, 1.54) is 27.8 Å². The van der Waals surface area contributed by atoms with Crippen molar-refractivity contribution in [3.05, 3.63) is 82.1 Å². The van der Waals surface area contributed by atoms with Gasteiger partial charge < -0.3 is 20.0 Å². The summed E-state index contributed by atoms with van der Waals surface area (Å²) in [6, 6.07) is 17.0. The molecule has 1 saturated heterocycles. The highest BCUT2D eigenvalue weighted by Gasteiger charge is 2.56. The average molecular weight is 548 g/mol. The lowest BCUT2D eigenvalue weighted by Gasteiger charge is -2.41. The van der Waals surface area contributed by atoms with Gasteiger partial charge in [0.25, 0.3) is 5.91 Å². The number of fused-ring (bicyclic) bond motifs is 2. The third kappa shape index (κ3) is 6.29. The van der Waals surface area contributed by atoms with Crippen LogP contribution >= 0.6 is 0 Å². The number of carbonyl (C=O) groups is 3. The lowest BCUT2D eigenvalue weighted by Crippen LogP contribution is -3.19. The molecule has 1 heterocycles. The molecule has 4 rings (SSSR count). The Labute approximate surface area is 236 Å². The molecule has 2 aromatic rings. The number of hydrogen-bond donors (Lipinski definition) is 2. The minimum atomic E-state index is -0.861. The first-order chi connectivity index (χ1) is 18.9. The van der Waals surface area contributed by atoms with Crippen molar-refractivity contribution in [2.75, 3.05) is 13.6 Å². The van der Waals surface area contributed by atoms with E-state index in [1.54, 1.807) is 25.8 Å². The van der Waals surface area contributed by atoms with Crippen LogP contribution in [-0.2, 0) is 32.1 Å². The van der Waals surface area contributed by atoms with Crippen LogP contribution in [0.25, 0.3) is 5.57 Å². The van der Waals surface area contributed by atoms with Crippen molar-refractivity contribution in [1.82, 2.24) is 10.4 Å². The van der Waals surface area contributed by atoms with Crippen LogP contribution in [0.15, 0.2) is 54.6 Å². The second kappa shape index (κ2) is 11.9. The largest absolute Gasteiger partial charge is 0.634 e. The van der Waals surface area contributed by atoms with Crippen LogP contribution in [0, 0.1) is 11.1 Å². The van der Waals surface area contributed by atoms with Gasteiger partial charge in [0.1, 0.15) is 11.5 Å². The molecule has 0 aromatic heterocycles. The van der Waals surface area contributed by atoms with Crippen LogP contribution in [0.1, 0.15) is 75.6 Å². The summed E-state index contributed by atoms with van der Waals surface area (Å²) in [6.07, 6.45) is 5.14. The summed E-state index contributed by atoms with van der Waals surface area (Å²) in [5.74, 6) is -1.98. The summed E-state index contributed by atoms with van der Waals surface area (Å²) in [6.45, 7) is 7.61. The van der Waals surface area contributed by atoms with Crippen LogP contribution < -0.4 is 10.5 Å². The first kappa shape index (κ1) is 29.5. The molecule has 8 nitrogen and oxygen atoms in total. The molecule has 0 radical (unpaired) electrons. The Hall–Kier alpha value is -3.49. The standard InChI is InChI=1S/C32H41N3O5/c1-31(2)21-27(32(3,4)35(31)39)30(38)40-33-28(36)18-19-29(37)34(5)20-10-15-26-24-13-8-6-11-22(24)16-17-23-12-7-9-14-25(23)26/h6-9,11-15,27,35H,10,16-21H2,1-5H3,(H,33,36). The lowest BCUT2D eigenvalue weighted by molar-refractivity contribution is -0.933. The molecule has 40 heavy (non-hydrogen) atoms. The molecule has 2 N–H and O–H groups in total. The SMILES string of the molecule is CN(CCC=C1c2ccccc2CCc2ccccc21)C(=O)CCC(=O)NOC(=O)C1CC(C)(C)[NH+]([O-])C1(C)C. The maximum Gasteiger partial charge on any atom is 0.341 e. The van der Waals surface area contributed by atoms with Crippen molar-refractivity contribution in [1.29, 1.82) is 0 Å². The molecule has 2 amide bonds. The van der Waals surface area contributed by atoms with Gasteiger partial charge in [-0.15, -0.1) is 0 Å². The fourth-order valence-electron chi connectivity index (χ4n) is 6.07. The van der Waals surface area contributed by atoms with Crippen molar-refractivity contribution < 1.29 is 24.3 Å². The molecule has 8 heteroatoms. The number of hydroxylamine groups is 3. The highest BCUT2D eigenvalue weighted by molar-refractivity contribution is 5.85. The smallest absolute Gasteiger partial charge is 0.341 e. The van der Waals surface area contributed by atoms with E-state index in [9.17, 15) is 19.6 Å². The van der Waals surface area contributed by atoms with Gasteiger partial charge in [-0.05, 0) is 74.8 Å². The summed E-state index contributed by atoms with van der Waals surface area (Å²) in [4.78, 5) is 44.3. The predicted molar refractivity (Wildman–Crippen MR) is 154 cm³/mol. The third-order valence-corrected chi connectivity index (χ3v) is 8.42. The molecule has 0 bridgehead atoms. The van der Waals surface area contributed by atoms with Gasteiger partial charge in [-0.2, -0.15) is 5.48 Å². The number of hydrogen-bond acceptors (Lipinski definition) is 5. The van der Waals surface area contributed by atoms with Gasteiger partial charge in [0.2, 0.25) is 5.91 Å². The van der Waals surface area contributed by atoms with Crippen molar-refractivity contribution in [3.63, 3.8) is 0 Å². The number of quaternary nitrogens is 1. The molecule has 214 valence electrons. The van der Waals surface area contributed by atoms with Gasteiger partial charge in [0, 0.05) is 32.9 Å². The molecule has 0 saturated carbocycles. The molecule has 1 fully saturated rings. The second-order valence-electron chi connectivity index (χ2n) is 12.2. The van der Waals surface area contributed by atoms with Crippen molar-refractivity contribution in [2.24, 2.45) is 5.92 Å². The third-order valence-electron chi connectivity index (χ3n) is 8.42. The maximum absolute atomic E-state index is 12.7. The summed E-state index contributed by atoms with van der Waals surface area (Å²) in [5, 5.41) is 12.6. The Balaban J connectivity index is 1.27. The van der Waals surface area contributed by atoms with E-state index in [-0.39, 0.29) is 23.8 Å². The molecule has 1 aliphatic carbocycles. The number of aryl methyl sites for hydroxylation is 2. The number of carbonyl (C=O) groups excluding carboxylic acids is 3. The van der Waals surface area contributed by atoms with E-state index in [0.29, 0.717) is 19.4 Å². The fourth-order valence-corrected chi connectivity index (χ4v) is 6.07. The first-order valence-corrected chi connectivity index (χ1v) is 14.1. The van der Waals surface area contributed by atoms with Crippen LogP contribution in [0.5, 0.6) is 0 Å². The summed E-state index contributed by atoms with van der Waals surface area (Å²) in [7, 11) is 1.73. The zero-order valence-electron chi connectivity index (χ0n) is 24.2. The Morgan fingerprint density at radius 3 is 2.12 bits per heavy atom. The maximum atomic E-state index is 12.7. The van der Waals surface area contributed by atoms with E-state index >= 15 is 0 Å². The second-order valence-corrected chi connectivity index (χ2v) is 12.2. The molecule has 1 aliphatic heterocycles. The van der Waals surface area contributed by atoms with Gasteiger partial charge in [0.05, 0.1) is 5.54 Å². The van der Waals surface area contributed by atoms with E-state index in [0.717, 1.165) is 12.8 Å². The van der Waals surface area contributed by atoms with Crippen molar-refractivity contribution >= 4 is 23.4 Å². The van der Waals surface area contributed by atoms with Crippen LogP contribution in [0.3, 0.4) is 0 Å². The highest BCUT2D eigenvalue weighted by Crippen LogP contribution is 2.34. The Bertz CT molecular complexity index is 1250. The van der Waals surface area contributed by atoms with Crippen molar-refractivity contribution in [2.45, 2.75) is 77.3 Å². The minimum absolute atomic E-state index is 0.00254. The van der Waals surface area contributed by atoms with Gasteiger partial charge in [0.15, 0.2) is 0 Å². The number of rotatable bonds is 7. The predicted octanol–water partition coefficient (Wildman–Crippen LogP) is 3.38. The Kier molecular flexibility index (Phi) is 8.80. The zero-order chi connectivity index (χ0) is 29.1. The van der Waals surface area contributed by atoms with Gasteiger partial charge in [-0.3, -0.25) is 9.59 Å². The topological polar surface area (TPSA) is 103 Å². The summed E-state index contributed by atoms with van der Waals surface area (Å²) in [5.41, 5.74) is 7.01. The van der Waals surface area contributed by atoms with Crippen LogP contribution in [0.4, 0.5) is 0 Å². The zero-order valence-corrected chi connectivity index (χ0v) is 24.2. The van der Waals surface area contributed by atoms with E-state index < -0.39 is 28.9 Å². The van der Waals surface area contributed by atoms with Crippen LogP contribution in [0.2, 0.25) is 0 Å². The fraction of sp³-hybridized carbons (Fsp3) is 0.469. The number of benzene rings is 2. The summed E-state index contributed by atoms with van der Waals surface area (Å²) >= 11 is 0. The van der Waals surface area contributed by atoms with E-state index in [2.05, 4.69) is 60.1 Å². The number of amides is 2. The average Bonchev–Trinajstić information content (AvgIpc) is 3.04. The molecule has 0 spiro atoms. The normalized spacial score (nSPS) is 20.5. The molecular formula is C32H41N3O5. The quantitative estimate of drug-likeness (QED) is 0.409. The Morgan fingerprint density at radius 1 is 1.00 bits per heavy atom. The highest BCUT2D eigenvalue weighted by atomic mass is 16.7. The lowest BCUT2D eigenvalue weighted by atomic mass is 9.87. The van der Waals surface area contributed by atoms with Crippen molar-refractivity contribution in [3.8, 4) is 0 Å². The first-order valence-electron chi connectivity index (χ1n) is 14.1. The van der Waals surface area contributed by atoms with Crippen LogP contribution in [-0.4, -0.2) is 47.4 Å². The summed E-state index contributed by atoms with van der Waals surface area (Å²) < 4.78 is 0. The molecule has 2 atom stereocenters. The molecule has 2 unspecified atom stereocenters. The van der Waals surface area contributed by atoms with Gasteiger partial charge in [-0.1, -0.05) is 54.6 Å². The minimum Gasteiger partial charge on any atom is -0.634 e. The Morgan fingerprint density at radius 2 is 1.57 bits per heavy atom. The molecule has 2 aromatic carbocycles. The van der Waals surface area contributed by atoms with Gasteiger partial charge >= 0.3 is 5.97 Å². The molecular weight excluding hydrogens is 506 g/mol. The van der Waals surface area contributed by atoms with E-state index in [1.807, 2.05) is 13.8 Å². The monoisotopic (exact) mass is 547 g/mol. The number of nitrogens with one attached hydrogen (secondary N) is 2. The molecule has 2 aliphatic rings. The van der Waals surface area contributed by atoms with Gasteiger partial charge in [-0.25, -0.2) is 4.79 Å². The van der Waals surface area contributed by atoms with E-state index in [4.69, 9.17) is 4.84 Å². The number of nitrogens with zero attached hydrogens (tertiary/aromatic N) is 1.